The molecule has 0 bridgehead atoms. The van der Waals surface area contributed by atoms with Crippen molar-refractivity contribution >= 4 is 16.7 Å². The summed E-state index contributed by atoms with van der Waals surface area (Å²) >= 11 is 0. The van der Waals surface area contributed by atoms with Crippen molar-refractivity contribution in [3.8, 4) is 0 Å². The first-order valence-corrected chi connectivity index (χ1v) is 9.65. The van der Waals surface area contributed by atoms with Crippen LogP contribution in [0.15, 0.2) is 24.3 Å². The first-order chi connectivity index (χ1) is 12.6. The summed E-state index contributed by atoms with van der Waals surface area (Å²) in [6.45, 7) is 5.95. The average Bonchev–Trinajstić information content (AvgIpc) is 2.68. The van der Waals surface area contributed by atoms with E-state index in [4.69, 9.17) is 0 Å². The lowest BCUT2D eigenvalue weighted by molar-refractivity contribution is 0.132. The van der Waals surface area contributed by atoms with Crippen LogP contribution < -0.4 is 4.90 Å². The van der Waals surface area contributed by atoms with E-state index in [-0.39, 0.29) is 5.82 Å². The maximum absolute atomic E-state index is 13.2. The van der Waals surface area contributed by atoms with Crippen molar-refractivity contribution in [2.75, 3.05) is 31.1 Å². The fourth-order valence-corrected chi connectivity index (χ4v) is 4.32. The number of para-hydroxylation sites is 1. The van der Waals surface area contributed by atoms with Gasteiger partial charge in [-0.1, -0.05) is 19.1 Å². The highest BCUT2D eigenvalue weighted by Gasteiger charge is 2.28. The van der Waals surface area contributed by atoms with Crippen molar-refractivity contribution < 1.29 is 8.78 Å². The third kappa shape index (κ3) is 3.52. The Morgan fingerprint density at radius 2 is 1.65 bits per heavy atom. The zero-order chi connectivity index (χ0) is 18.1. The molecule has 0 atom stereocenters. The Hall–Kier alpha value is -1.82. The molecule has 1 aromatic carbocycles. The van der Waals surface area contributed by atoms with Crippen molar-refractivity contribution in [2.24, 2.45) is 5.92 Å². The molecule has 4 rings (SSSR count). The van der Waals surface area contributed by atoms with Gasteiger partial charge in [-0.2, -0.15) is 0 Å². The first-order valence-electron chi connectivity index (χ1n) is 9.65. The Bertz CT molecular complexity index is 751. The van der Waals surface area contributed by atoms with Crippen LogP contribution >= 0.6 is 0 Å². The highest BCUT2D eigenvalue weighted by atomic mass is 19.3. The number of nitrogens with zero attached hydrogens (tertiary/aromatic N) is 4. The van der Waals surface area contributed by atoms with Gasteiger partial charge in [0.2, 0.25) is 0 Å². The lowest BCUT2D eigenvalue weighted by Crippen LogP contribution is -2.51. The molecule has 1 aromatic heterocycles. The molecular formula is C20H26F2N4. The van der Waals surface area contributed by atoms with E-state index in [1.807, 2.05) is 18.2 Å². The van der Waals surface area contributed by atoms with Gasteiger partial charge in [-0.3, -0.25) is 4.90 Å². The molecule has 26 heavy (non-hydrogen) atoms. The van der Waals surface area contributed by atoms with Crippen LogP contribution in [-0.2, 0) is 0 Å². The molecule has 2 aromatic rings. The Kier molecular flexibility index (Phi) is 5.02. The second kappa shape index (κ2) is 7.43. The molecule has 4 nitrogen and oxygen atoms in total. The van der Waals surface area contributed by atoms with Gasteiger partial charge >= 0.3 is 0 Å². The molecule has 0 spiro atoms. The van der Waals surface area contributed by atoms with Crippen LogP contribution in [0.1, 0.15) is 44.9 Å². The molecule has 1 aliphatic carbocycles. The molecule has 2 heterocycles. The third-order valence-electron chi connectivity index (χ3n) is 5.91. The van der Waals surface area contributed by atoms with Crippen LogP contribution in [0.3, 0.4) is 0 Å². The van der Waals surface area contributed by atoms with Gasteiger partial charge in [-0.15, -0.1) is 0 Å². The molecule has 0 amide bonds. The Balaban J connectivity index is 1.52. The van der Waals surface area contributed by atoms with Crippen LogP contribution in [-0.4, -0.2) is 47.1 Å². The highest BCUT2D eigenvalue weighted by molar-refractivity contribution is 5.89. The quantitative estimate of drug-likeness (QED) is 0.818. The van der Waals surface area contributed by atoms with Gasteiger partial charge in [0.05, 0.1) is 5.52 Å². The summed E-state index contributed by atoms with van der Waals surface area (Å²) in [4.78, 5) is 13.0. The van der Waals surface area contributed by atoms with E-state index in [1.54, 1.807) is 6.07 Å². The lowest BCUT2D eigenvalue weighted by atomic mass is 9.86. The average molecular weight is 360 g/mol. The fourth-order valence-electron chi connectivity index (χ4n) is 4.32. The Labute approximate surface area is 153 Å². The number of rotatable bonds is 3. The van der Waals surface area contributed by atoms with E-state index in [0.717, 1.165) is 37.5 Å². The van der Waals surface area contributed by atoms with E-state index < -0.39 is 6.43 Å². The summed E-state index contributed by atoms with van der Waals surface area (Å²) in [6.07, 6.45) is 2.56. The summed E-state index contributed by atoms with van der Waals surface area (Å²) in [6, 6.07) is 8.14. The van der Waals surface area contributed by atoms with Crippen molar-refractivity contribution in [1.29, 1.82) is 0 Å². The van der Waals surface area contributed by atoms with Crippen LogP contribution in [0, 0.1) is 5.92 Å². The number of alkyl halides is 2. The minimum atomic E-state index is -2.65. The van der Waals surface area contributed by atoms with Gasteiger partial charge in [0.1, 0.15) is 5.82 Å². The Morgan fingerprint density at radius 3 is 2.35 bits per heavy atom. The number of halogens is 2. The summed E-state index contributed by atoms with van der Waals surface area (Å²) in [5.41, 5.74) is 0.594. The number of piperazine rings is 1. The topological polar surface area (TPSA) is 32.3 Å². The smallest absolute Gasteiger partial charge is 0.297 e. The number of anilines is 1. The summed E-state index contributed by atoms with van der Waals surface area (Å²) in [5, 5.41) is 0.858. The zero-order valence-corrected chi connectivity index (χ0v) is 15.2. The number of benzene rings is 1. The van der Waals surface area contributed by atoms with Crippen molar-refractivity contribution in [3.05, 3.63) is 30.1 Å². The molecule has 1 saturated carbocycles. The Morgan fingerprint density at radius 1 is 0.962 bits per heavy atom. The SMILES string of the molecule is CC1CCC(N2CCN(c3nc(C(F)F)nc4ccccc34)CC2)CC1. The van der Waals surface area contributed by atoms with Crippen molar-refractivity contribution in [1.82, 2.24) is 14.9 Å². The van der Waals surface area contributed by atoms with Gasteiger partial charge in [0.15, 0.2) is 5.82 Å². The van der Waals surface area contributed by atoms with Crippen LogP contribution in [0.25, 0.3) is 10.9 Å². The number of aromatic nitrogens is 2. The normalized spacial score (nSPS) is 25.2. The minimum Gasteiger partial charge on any atom is -0.353 e. The standard InChI is InChI=1S/C20H26F2N4/c1-14-6-8-15(9-7-14)25-10-12-26(13-11-25)20-16-4-2-3-5-17(16)23-19(24-20)18(21)22/h2-5,14-15,18H,6-13H2,1H3. The van der Waals surface area contributed by atoms with E-state index in [1.165, 1.54) is 25.7 Å². The van der Waals surface area contributed by atoms with Crippen LogP contribution in [0.5, 0.6) is 0 Å². The number of hydrogen-bond acceptors (Lipinski definition) is 4. The molecule has 1 saturated heterocycles. The minimum absolute atomic E-state index is 0.373. The van der Waals surface area contributed by atoms with E-state index in [9.17, 15) is 8.78 Å². The van der Waals surface area contributed by atoms with Crippen LogP contribution in [0.2, 0.25) is 0 Å². The second-order valence-corrected chi connectivity index (χ2v) is 7.66. The van der Waals surface area contributed by atoms with E-state index in [0.29, 0.717) is 17.4 Å². The monoisotopic (exact) mass is 360 g/mol. The maximum Gasteiger partial charge on any atom is 0.297 e. The molecular weight excluding hydrogens is 334 g/mol. The van der Waals surface area contributed by atoms with Gasteiger partial charge in [-0.25, -0.2) is 18.7 Å². The van der Waals surface area contributed by atoms with Crippen LogP contribution in [0.4, 0.5) is 14.6 Å². The molecule has 140 valence electrons. The number of hydrogen-bond donors (Lipinski definition) is 0. The summed E-state index contributed by atoms with van der Waals surface area (Å²) < 4.78 is 26.5. The molecule has 0 N–H and O–H groups in total. The molecule has 2 fully saturated rings. The zero-order valence-electron chi connectivity index (χ0n) is 15.2. The predicted molar refractivity (Wildman–Crippen MR) is 99.7 cm³/mol. The third-order valence-corrected chi connectivity index (χ3v) is 5.91. The van der Waals surface area contributed by atoms with Gasteiger partial charge in [-0.05, 0) is 43.7 Å². The maximum atomic E-state index is 13.2. The van der Waals surface area contributed by atoms with Gasteiger partial charge < -0.3 is 4.90 Å². The van der Waals surface area contributed by atoms with Crippen molar-refractivity contribution in [3.63, 3.8) is 0 Å². The van der Waals surface area contributed by atoms with Gasteiger partial charge in [0.25, 0.3) is 6.43 Å². The largest absolute Gasteiger partial charge is 0.353 e. The van der Waals surface area contributed by atoms with Crippen molar-refractivity contribution in [2.45, 2.75) is 45.1 Å². The lowest BCUT2D eigenvalue weighted by Gasteiger charge is -2.42. The van der Waals surface area contributed by atoms with E-state index >= 15 is 0 Å². The second-order valence-electron chi connectivity index (χ2n) is 7.66. The fraction of sp³-hybridized carbons (Fsp3) is 0.600. The molecule has 0 radical (unpaired) electrons. The van der Waals surface area contributed by atoms with E-state index in [2.05, 4.69) is 26.7 Å². The molecule has 2 aliphatic rings. The predicted octanol–water partition coefficient (Wildman–Crippen LogP) is 4.27. The van der Waals surface area contributed by atoms with Gasteiger partial charge in [0, 0.05) is 37.6 Å². The molecule has 6 heteroatoms. The number of fused-ring (bicyclic) bond motifs is 1. The highest BCUT2D eigenvalue weighted by Crippen LogP contribution is 2.30. The summed E-state index contributed by atoms with van der Waals surface area (Å²) in [5.74, 6) is 1.14. The summed E-state index contributed by atoms with van der Waals surface area (Å²) in [7, 11) is 0. The molecule has 0 unspecified atom stereocenters. The first kappa shape index (κ1) is 17.6. The molecule has 1 aliphatic heterocycles.